The average molecular weight is 384 g/mol. The Kier molecular flexibility index (Phi) is 5.69. The van der Waals surface area contributed by atoms with Gasteiger partial charge in [0.25, 0.3) is 0 Å². The molecule has 2 aromatic heterocycles. The van der Waals surface area contributed by atoms with Crippen molar-refractivity contribution >= 4 is 33.1 Å². The van der Waals surface area contributed by atoms with Crippen LogP contribution in [-0.4, -0.2) is 61.2 Å². The number of ether oxygens (including phenoxy) is 1. The number of benzene rings is 1. The highest BCUT2D eigenvalue weighted by Gasteiger charge is 2.16. The molecule has 0 bridgehead atoms. The first-order valence-corrected chi connectivity index (χ1v) is 10.2. The van der Waals surface area contributed by atoms with Crippen molar-refractivity contribution in [3.05, 3.63) is 42.0 Å². The molecule has 3 aromatic rings. The molecular weight excluding hydrogens is 358 g/mol. The topological polar surface area (TPSA) is 53.5 Å². The summed E-state index contributed by atoms with van der Waals surface area (Å²) in [5.41, 5.74) is 1.28. The third kappa shape index (κ3) is 4.31. The Hall–Kier alpha value is -2.38. The highest BCUT2D eigenvalue weighted by atomic mass is 32.1. The predicted octanol–water partition coefficient (Wildman–Crippen LogP) is 3.32. The molecule has 1 aliphatic heterocycles. The van der Waals surface area contributed by atoms with Crippen molar-refractivity contribution in [3.63, 3.8) is 0 Å². The normalized spacial score (nSPS) is 15.2. The monoisotopic (exact) mass is 383 g/mol. The fourth-order valence-electron chi connectivity index (χ4n) is 3.46. The predicted molar refractivity (Wildman–Crippen MR) is 112 cm³/mol. The van der Waals surface area contributed by atoms with Gasteiger partial charge in [0.05, 0.1) is 12.5 Å². The SMILES string of the molecule is COc1ccc(N2CCN(CCCNc3ncnc4sccc34)CC2)cc1. The number of aromatic nitrogens is 2. The maximum atomic E-state index is 5.24. The van der Waals surface area contributed by atoms with Gasteiger partial charge in [-0.1, -0.05) is 0 Å². The lowest BCUT2D eigenvalue weighted by molar-refractivity contribution is 0.257. The molecule has 0 amide bonds. The van der Waals surface area contributed by atoms with Crippen LogP contribution in [0.15, 0.2) is 42.0 Å². The van der Waals surface area contributed by atoms with Crippen LogP contribution in [0, 0.1) is 0 Å². The first-order valence-electron chi connectivity index (χ1n) is 9.37. The number of methoxy groups -OCH3 is 1. The lowest BCUT2D eigenvalue weighted by Crippen LogP contribution is -2.46. The van der Waals surface area contributed by atoms with Crippen LogP contribution in [0.25, 0.3) is 10.2 Å². The molecule has 27 heavy (non-hydrogen) atoms. The number of fused-ring (bicyclic) bond motifs is 1. The fraction of sp³-hybridized carbons (Fsp3) is 0.400. The summed E-state index contributed by atoms with van der Waals surface area (Å²) in [5.74, 6) is 1.86. The molecule has 7 heteroatoms. The first-order chi connectivity index (χ1) is 13.3. The Bertz CT molecular complexity index is 858. The number of rotatable bonds is 7. The number of hydrogen-bond donors (Lipinski definition) is 1. The minimum atomic E-state index is 0.910. The molecule has 0 saturated carbocycles. The molecule has 1 saturated heterocycles. The van der Waals surface area contributed by atoms with Gasteiger partial charge >= 0.3 is 0 Å². The number of hydrogen-bond acceptors (Lipinski definition) is 7. The maximum absolute atomic E-state index is 5.24. The smallest absolute Gasteiger partial charge is 0.138 e. The zero-order valence-corrected chi connectivity index (χ0v) is 16.4. The van der Waals surface area contributed by atoms with Crippen molar-refractivity contribution in [3.8, 4) is 5.75 Å². The molecule has 142 valence electrons. The molecule has 1 aliphatic rings. The van der Waals surface area contributed by atoms with E-state index in [1.807, 2.05) is 12.1 Å². The Morgan fingerprint density at radius 1 is 1.07 bits per heavy atom. The second-order valence-electron chi connectivity index (χ2n) is 6.67. The van der Waals surface area contributed by atoms with Crippen molar-refractivity contribution in [2.75, 3.05) is 56.6 Å². The highest BCUT2D eigenvalue weighted by Crippen LogP contribution is 2.23. The molecule has 4 rings (SSSR count). The van der Waals surface area contributed by atoms with E-state index in [2.05, 4.69) is 48.7 Å². The van der Waals surface area contributed by atoms with E-state index >= 15 is 0 Å². The van der Waals surface area contributed by atoms with E-state index in [4.69, 9.17) is 4.74 Å². The van der Waals surface area contributed by atoms with Crippen molar-refractivity contribution < 1.29 is 4.74 Å². The highest BCUT2D eigenvalue weighted by molar-refractivity contribution is 7.16. The van der Waals surface area contributed by atoms with Crippen LogP contribution < -0.4 is 15.0 Å². The van der Waals surface area contributed by atoms with Crippen molar-refractivity contribution in [2.45, 2.75) is 6.42 Å². The maximum Gasteiger partial charge on any atom is 0.138 e. The van der Waals surface area contributed by atoms with Crippen molar-refractivity contribution in [2.24, 2.45) is 0 Å². The van der Waals surface area contributed by atoms with Gasteiger partial charge in [-0.25, -0.2) is 9.97 Å². The van der Waals surface area contributed by atoms with Crippen LogP contribution in [0.2, 0.25) is 0 Å². The van der Waals surface area contributed by atoms with E-state index < -0.39 is 0 Å². The number of nitrogens with zero attached hydrogens (tertiary/aromatic N) is 4. The summed E-state index contributed by atoms with van der Waals surface area (Å²) < 4.78 is 5.24. The van der Waals surface area contributed by atoms with Gasteiger partial charge in [0.15, 0.2) is 0 Å². The molecule has 6 nitrogen and oxygen atoms in total. The quantitative estimate of drug-likeness (QED) is 0.632. The van der Waals surface area contributed by atoms with Crippen molar-refractivity contribution in [1.29, 1.82) is 0 Å². The minimum Gasteiger partial charge on any atom is -0.497 e. The Morgan fingerprint density at radius 3 is 2.67 bits per heavy atom. The second-order valence-corrected chi connectivity index (χ2v) is 7.56. The molecule has 3 heterocycles. The Balaban J connectivity index is 1.20. The third-order valence-corrected chi connectivity index (χ3v) is 5.84. The zero-order valence-electron chi connectivity index (χ0n) is 15.6. The first kappa shape index (κ1) is 18.0. The van der Waals surface area contributed by atoms with Gasteiger partial charge < -0.3 is 15.0 Å². The van der Waals surface area contributed by atoms with Gasteiger partial charge in [-0.2, -0.15) is 0 Å². The van der Waals surface area contributed by atoms with Crippen LogP contribution in [0.5, 0.6) is 5.75 Å². The Labute approximate surface area is 163 Å². The summed E-state index contributed by atoms with van der Waals surface area (Å²) in [6, 6.07) is 10.4. The van der Waals surface area contributed by atoms with Gasteiger partial charge in [-0.3, -0.25) is 4.90 Å². The van der Waals surface area contributed by atoms with E-state index in [0.717, 1.165) is 67.5 Å². The largest absolute Gasteiger partial charge is 0.497 e. The molecular formula is C20H25N5OS. The standard InChI is InChI=1S/C20H25N5OS/c1-26-17-5-3-16(4-6-17)25-12-10-24(11-13-25)9-2-8-21-19-18-7-14-27-20(18)23-15-22-19/h3-7,14-15H,2,8-13H2,1H3,(H,21,22,23). The summed E-state index contributed by atoms with van der Waals surface area (Å²) in [5, 5.41) is 6.65. The van der Waals surface area contributed by atoms with E-state index in [1.54, 1.807) is 24.8 Å². The molecule has 1 N–H and O–H groups in total. The summed E-state index contributed by atoms with van der Waals surface area (Å²) >= 11 is 1.65. The number of piperazine rings is 1. The summed E-state index contributed by atoms with van der Waals surface area (Å²) in [4.78, 5) is 14.7. The number of thiophene rings is 1. The zero-order chi connectivity index (χ0) is 18.5. The van der Waals surface area contributed by atoms with Crippen LogP contribution in [-0.2, 0) is 0 Å². The van der Waals surface area contributed by atoms with Gasteiger partial charge in [-0.15, -0.1) is 11.3 Å². The molecule has 0 radical (unpaired) electrons. The summed E-state index contributed by atoms with van der Waals surface area (Å²) in [7, 11) is 1.70. The lowest BCUT2D eigenvalue weighted by Gasteiger charge is -2.36. The van der Waals surface area contributed by atoms with Crippen LogP contribution >= 0.6 is 11.3 Å². The minimum absolute atomic E-state index is 0.910. The van der Waals surface area contributed by atoms with E-state index in [-0.39, 0.29) is 0 Å². The fourth-order valence-corrected chi connectivity index (χ4v) is 4.20. The summed E-state index contributed by atoms with van der Waals surface area (Å²) in [6.07, 6.45) is 2.75. The van der Waals surface area contributed by atoms with Gasteiger partial charge in [0.2, 0.25) is 0 Å². The molecule has 1 aromatic carbocycles. The molecule has 1 fully saturated rings. The third-order valence-electron chi connectivity index (χ3n) is 5.02. The van der Waals surface area contributed by atoms with Crippen molar-refractivity contribution in [1.82, 2.24) is 14.9 Å². The van der Waals surface area contributed by atoms with E-state index in [1.165, 1.54) is 5.69 Å². The lowest BCUT2D eigenvalue weighted by atomic mass is 10.2. The van der Waals surface area contributed by atoms with Gasteiger partial charge in [0, 0.05) is 38.4 Å². The van der Waals surface area contributed by atoms with E-state index in [9.17, 15) is 0 Å². The van der Waals surface area contributed by atoms with Crippen LogP contribution in [0.4, 0.5) is 11.5 Å². The molecule has 0 unspecified atom stereocenters. The summed E-state index contributed by atoms with van der Waals surface area (Å²) in [6.45, 7) is 6.40. The second kappa shape index (κ2) is 8.54. The van der Waals surface area contributed by atoms with Gasteiger partial charge in [0.1, 0.15) is 22.7 Å². The number of nitrogens with one attached hydrogen (secondary N) is 1. The molecule has 0 spiro atoms. The van der Waals surface area contributed by atoms with Crippen LogP contribution in [0.1, 0.15) is 6.42 Å². The average Bonchev–Trinajstić information content (AvgIpc) is 3.21. The number of anilines is 2. The van der Waals surface area contributed by atoms with Crippen LogP contribution in [0.3, 0.4) is 0 Å². The molecule has 0 aliphatic carbocycles. The Morgan fingerprint density at radius 2 is 1.89 bits per heavy atom. The molecule has 0 atom stereocenters. The van der Waals surface area contributed by atoms with Gasteiger partial charge in [-0.05, 0) is 48.7 Å². The van der Waals surface area contributed by atoms with E-state index in [0.29, 0.717) is 0 Å².